The smallest absolute Gasteiger partial charge is 0.321 e. The van der Waals surface area contributed by atoms with Crippen LogP contribution < -0.4 is 5.73 Å². The minimum Gasteiger partial charge on any atom is -0.321 e. The van der Waals surface area contributed by atoms with Crippen LogP contribution in [0.3, 0.4) is 0 Å². The summed E-state index contributed by atoms with van der Waals surface area (Å²) < 4.78 is 37.5. The first-order valence-corrected chi connectivity index (χ1v) is 5.74. The molecule has 0 aliphatic heterocycles. The lowest BCUT2D eigenvalue weighted by Gasteiger charge is -2.17. The van der Waals surface area contributed by atoms with Gasteiger partial charge in [-0.2, -0.15) is 13.2 Å². The number of hydrogen-bond donors (Lipinski definition) is 1. The summed E-state index contributed by atoms with van der Waals surface area (Å²) in [7, 11) is 0. The van der Waals surface area contributed by atoms with E-state index >= 15 is 0 Å². The minimum atomic E-state index is -4.45. The molecule has 1 rings (SSSR count). The van der Waals surface area contributed by atoms with E-state index in [0.29, 0.717) is 6.42 Å². The van der Waals surface area contributed by atoms with Crippen LogP contribution in [-0.4, -0.2) is 11.8 Å². The predicted octanol–water partition coefficient (Wildman–Crippen LogP) is 3.26. The lowest BCUT2D eigenvalue weighted by Crippen LogP contribution is -2.36. The second-order valence-electron chi connectivity index (χ2n) is 4.35. The number of carbonyl (C=O) groups is 1. The van der Waals surface area contributed by atoms with Gasteiger partial charge in [0.25, 0.3) is 0 Å². The summed E-state index contributed by atoms with van der Waals surface area (Å²) in [6, 6.07) is 3.61. The monoisotopic (exact) mass is 259 g/mol. The molecule has 0 aliphatic carbocycles. The molecule has 2 unspecified atom stereocenters. The highest BCUT2D eigenvalue weighted by Crippen LogP contribution is 2.29. The highest BCUT2D eigenvalue weighted by molar-refractivity contribution is 6.00. The van der Waals surface area contributed by atoms with Gasteiger partial charge in [-0.3, -0.25) is 4.79 Å². The Bertz CT molecular complexity index is 428. The summed E-state index contributed by atoms with van der Waals surface area (Å²) in [5.74, 6) is -0.512. The first kappa shape index (κ1) is 14.7. The molecule has 100 valence electrons. The van der Waals surface area contributed by atoms with Gasteiger partial charge in [-0.25, -0.2) is 0 Å². The van der Waals surface area contributed by atoms with Crippen molar-refractivity contribution in [3.05, 3.63) is 35.4 Å². The largest absolute Gasteiger partial charge is 0.416 e. The molecule has 0 fully saturated rings. The summed E-state index contributed by atoms with van der Waals surface area (Å²) in [4.78, 5) is 11.9. The fraction of sp³-hybridized carbons (Fsp3) is 0.462. The van der Waals surface area contributed by atoms with E-state index in [1.165, 1.54) is 12.1 Å². The van der Waals surface area contributed by atoms with Gasteiger partial charge in [0.15, 0.2) is 5.78 Å². The zero-order valence-electron chi connectivity index (χ0n) is 10.3. The Morgan fingerprint density at radius 2 is 2.00 bits per heavy atom. The number of halogens is 3. The molecule has 0 aliphatic rings. The molecule has 0 heterocycles. The van der Waals surface area contributed by atoms with Crippen molar-refractivity contribution < 1.29 is 18.0 Å². The quantitative estimate of drug-likeness (QED) is 0.843. The topological polar surface area (TPSA) is 43.1 Å². The molecule has 1 aromatic carbocycles. The SMILES string of the molecule is CCC(C)C(N)C(=O)c1cccc(C(F)(F)F)c1. The van der Waals surface area contributed by atoms with E-state index in [4.69, 9.17) is 5.73 Å². The summed E-state index contributed by atoms with van der Waals surface area (Å²) >= 11 is 0. The molecule has 1 aromatic rings. The second kappa shape index (κ2) is 5.52. The third kappa shape index (κ3) is 3.32. The number of nitrogens with two attached hydrogens (primary N) is 1. The van der Waals surface area contributed by atoms with Crippen molar-refractivity contribution in [3.63, 3.8) is 0 Å². The normalized spacial score (nSPS) is 15.2. The molecule has 0 amide bonds. The summed E-state index contributed by atoms with van der Waals surface area (Å²) in [5, 5.41) is 0. The van der Waals surface area contributed by atoms with E-state index in [2.05, 4.69) is 0 Å². The van der Waals surface area contributed by atoms with Crippen LogP contribution in [0, 0.1) is 5.92 Å². The van der Waals surface area contributed by atoms with Gasteiger partial charge < -0.3 is 5.73 Å². The molecule has 5 heteroatoms. The molecule has 0 saturated carbocycles. The van der Waals surface area contributed by atoms with Crippen LogP contribution in [0.1, 0.15) is 36.2 Å². The van der Waals surface area contributed by atoms with Crippen LogP contribution in [0.15, 0.2) is 24.3 Å². The Morgan fingerprint density at radius 1 is 1.39 bits per heavy atom. The van der Waals surface area contributed by atoms with Crippen molar-refractivity contribution in [2.24, 2.45) is 11.7 Å². The summed E-state index contributed by atoms with van der Waals surface area (Å²) in [6.45, 7) is 3.68. The molecular weight excluding hydrogens is 243 g/mol. The highest BCUT2D eigenvalue weighted by Gasteiger charge is 2.31. The number of carbonyl (C=O) groups excluding carboxylic acids is 1. The lowest BCUT2D eigenvalue weighted by atomic mass is 9.92. The van der Waals surface area contributed by atoms with Gasteiger partial charge in [0.2, 0.25) is 0 Å². The number of hydrogen-bond acceptors (Lipinski definition) is 2. The molecule has 0 aromatic heterocycles. The lowest BCUT2D eigenvalue weighted by molar-refractivity contribution is -0.137. The van der Waals surface area contributed by atoms with Gasteiger partial charge in [-0.05, 0) is 18.1 Å². The van der Waals surface area contributed by atoms with Gasteiger partial charge in [-0.15, -0.1) is 0 Å². The Morgan fingerprint density at radius 3 is 2.50 bits per heavy atom. The second-order valence-corrected chi connectivity index (χ2v) is 4.35. The molecule has 0 saturated heterocycles. The number of rotatable bonds is 4. The van der Waals surface area contributed by atoms with E-state index in [-0.39, 0.29) is 11.5 Å². The molecule has 2 N–H and O–H groups in total. The third-order valence-electron chi connectivity index (χ3n) is 3.03. The van der Waals surface area contributed by atoms with E-state index in [9.17, 15) is 18.0 Å². The molecule has 0 spiro atoms. The summed E-state index contributed by atoms with van der Waals surface area (Å²) in [6.07, 6.45) is -3.75. The first-order chi connectivity index (χ1) is 8.27. The van der Waals surface area contributed by atoms with E-state index < -0.39 is 23.6 Å². The Labute approximate surface area is 104 Å². The van der Waals surface area contributed by atoms with Crippen LogP contribution >= 0.6 is 0 Å². The van der Waals surface area contributed by atoms with Crippen molar-refractivity contribution in [1.82, 2.24) is 0 Å². The molecule has 2 atom stereocenters. The number of benzene rings is 1. The number of ketones is 1. The average Bonchev–Trinajstić information content (AvgIpc) is 2.35. The zero-order valence-corrected chi connectivity index (χ0v) is 10.3. The van der Waals surface area contributed by atoms with Gasteiger partial charge in [-0.1, -0.05) is 32.4 Å². The van der Waals surface area contributed by atoms with Crippen molar-refractivity contribution in [2.75, 3.05) is 0 Å². The Hall–Kier alpha value is -1.36. The number of Topliss-reactive ketones (excluding diaryl/α,β-unsaturated/α-hetero) is 1. The Kier molecular flexibility index (Phi) is 4.51. The Balaban J connectivity index is 3.01. The van der Waals surface area contributed by atoms with Gasteiger partial charge >= 0.3 is 6.18 Å². The van der Waals surface area contributed by atoms with Crippen molar-refractivity contribution in [3.8, 4) is 0 Å². The van der Waals surface area contributed by atoms with Crippen molar-refractivity contribution in [2.45, 2.75) is 32.5 Å². The standard InChI is InChI=1S/C13H16F3NO/c1-3-8(2)11(17)12(18)9-5-4-6-10(7-9)13(14,15)16/h4-8,11H,3,17H2,1-2H3. The molecule has 18 heavy (non-hydrogen) atoms. The fourth-order valence-electron chi connectivity index (χ4n) is 1.55. The van der Waals surface area contributed by atoms with Crippen LogP contribution in [0.5, 0.6) is 0 Å². The average molecular weight is 259 g/mol. The van der Waals surface area contributed by atoms with E-state index in [0.717, 1.165) is 12.1 Å². The summed E-state index contributed by atoms with van der Waals surface area (Å²) in [5.41, 5.74) is 4.91. The third-order valence-corrected chi connectivity index (χ3v) is 3.03. The van der Waals surface area contributed by atoms with Crippen LogP contribution in [0.4, 0.5) is 13.2 Å². The van der Waals surface area contributed by atoms with Gasteiger partial charge in [0.05, 0.1) is 11.6 Å². The maximum atomic E-state index is 12.5. The zero-order chi connectivity index (χ0) is 13.9. The van der Waals surface area contributed by atoms with Gasteiger partial charge in [0.1, 0.15) is 0 Å². The van der Waals surface area contributed by atoms with Gasteiger partial charge in [0, 0.05) is 5.56 Å². The molecule has 0 radical (unpaired) electrons. The maximum Gasteiger partial charge on any atom is 0.416 e. The van der Waals surface area contributed by atoms with Crippen LogP contribution in [0.25, 0.3) is 0 Å². The molecule has 2 nitrogen and oxygen atoms in total. The maximum absolute atomic E-state index is 12.5. The van der Waals surface area contributed by atoms with Crippen LogP contribution in [-0.2, 0) is 6.18 Å². The van der Waals surface area contributed by atoms with Crippen molar-refractivity contribution in [1.29, 1.82) is 0 Å². The van der Waals surface area contributed by atoms with Crippen LogP contribution in [0.2, 0.25) is 0 Å². The van der Waals surface area contributed by atoms with E-state index in [1.807, 2.05) is 6.92 Å². The number of alkyl halides is 3. The fourth-order valence-corrected chi connectivity index (χ4v) is 1.55. The minimum absolute atomic E-state index is 0.0117. The van der Waals surface area contributed by atoms with E-state index in [1.54, 1.807) is 6.92 Å². The van der Waals surface area contributed by atoms with Crippen molar-refractivity contribution >= 4 is 5.78 Å². The first-order valence-electron chi connectivity index (χ1n) is 5.74. The highest BCUT2D eigenvalue weighted by atomic mass is 19.4. The molecule has 0 bridgehead atoms. The molecular formula is C13H16F3NO. The predicted molar refractivity (Wildman–Crippen MR) is 63.2 cm³/mol.